The lowest BCUT2D eigenvalue weighted by Gasteiger charge is -2.44. The number of hydrogen-bond acceptors (Lipinski definition) is 5. The number of rotatable bonds is 12. The first-order chi connectivity index (χ1) is 19.5. The molecule has 3 heterocycles. The fourth-order valence-corrected chi connectivity index (χ4v) is 7.20. The summed E-state index contributed by atoms with van der Waals surface area (Å²) in [5.74, 6) is -2.22. The molecule has 4 rings (SSSR count). The van der Waals surface area contributed by atoms with Crippen LogP contribution in [0.25, 0.3) is 0 Å². The highest BCUT2D eigenvalue weighted by Crippen LogP contribution is 2.59. The van der Waals surface area contributed by atoms with E-state index in [-0.39, 0.29) is 30.2 Å². The van der Waals surface area contributed by atoms with E-state index in [1.807, 2.05) is 65.0 Å². The average molecular weight is 566 g/mol. The van der Waals surface area contributed by atoms with Gasteiger partial charge in [-0.1, -0.05) is 62.8 Å². The van der Waals surface area contributed by atoms with Crippen LogP contribution >= 0.6 is 0 Å². The summed E-state index contributed by atoms with van der Waals surface area (Å²) >= 11 is 0. The van der Waals surface area contributed by atoms with E-state index >= 15 is 0 Å². The van der Waals surface area contributed by atoms with Gasteiger partial charge in [-0.05, 0) is 45.1 Å². The van der Waals surface area contributed by atoms with Gasteiger partial charge in [0.1, 0.15) is 11.6 Å². The molecule has 41 heavy (non-hydrogen) atoms. The number of fused-ring (bicyclic) bond motifs is 1. The summed E-state index contributed by atoms with van der Waals surface area (Å²) in [5.41, 5.74) is -0.685. The zero-order valence-electron chi connectivity index (χ0n) is 25.3. The van der Waals surface area contributed by atoms with Gasteiger partial charge >= 0.3 is 0 Å². The molecule has 3 fully saturated rings. The minimum atomic E-state index is -1.13. The molecule has 0 aliphatic carbocycles. The van der Waals surface area contributed by atoms with E-state index in [1.54, 1.807) is 26.9 Å². The molecule has 224 valence electrons. The summed E-state index contributed by atoms with van der Waals surface area (Å²) in [6.07, 6.45) is 4.76. The quantitative estimate of drug-likeness (QED) is 0.390. The van der Waals surface area contributed by atoms with Crippen molar-refractivity contribution in [3.8, 4) is 0 Å². The Hall–Kier alpha value is -2.97. The Bertz CT molecular complexity index is 1150. The number of hydrogen-bond donors (Lipinski definition) is 1. The fourth-order valence-electron chi connectivity index (χ4n) is 7.20. The third-order valence-corrected chi connectivity index (χ3v) is 9.37. The molecule has 0 aromatic heterocycles. The van der Waals surface area contributed by atoms with E-state index in [0.29, 0.717) is 32.5 Å². The number of nitrogens with zero attached hydrogens (tertiary/aromatic N) is 3. The molecular weight excluding hydrogens is 518 g/mol. The van der Waals surface area contributed by atoms with Crippen LogP contribution in [-0.2, 0) is 25.7 Å². The smallest absolute Gasteiger partial charge is 0.249 e. The zero-order chi connectivity index (χ0) is 30.1. The molecule has 2 unspecified atom stereocenters. The molecule has 0 saturated carbocycles. The molecule has 3 aliphatic heterocycles. The Labute approximate surface area is 245 Å². The highest BCUT2D eigenvalue weighted by molar-refractivity contribution is 5.99. The van der Waals surface area contributed by atoms with Crippen LogP contribution < -0.4 is 0 Å². The van der Waals surface area contributed by atoms with Crippen LogP contribution in [0.2, 0.25) is 0 Å². The van der Waals surface area contributed by atoms with Gasteiger partial charge in [0.15, 0.2) is 0 Å². The maximum atomic E-state index is 14.6. The van der Waals surface area contributed by atoms with Crippen LogP contribution in [0.3, 0.4) is 0 Å². The van der Waals surface area contributed by atoms with E-state index in [9.17, 15) is 19.5 Å². The second kappa shape index (κ2) is 12.1. The molecule has 2 bridgehead atoms. The molecule has 8 heteroatoms. The van der Waals surface area contributed by atoms with Crippen molar-refractivity contribution in [2.24, 2.45) is 17.8 Å². The number of amides is 3. The number of carbonyl (C=O) groups is 3. The van der Waals surface area contributed by atoms with Gasteiger partial charge < -0.3 is 24.5 Å². The molecule has 0 radical (unpaired) electrons. The van der Waals surface area contributed by atoms with Crippen LogP contribution in [0, 0.1) is 17.8 Å². The van der Waals surface area contributed by atoms with Gasteiger partial charge in [0, 0.05) is 25.2 Å². The summed E-state index contributed by atoms with van der Waals surface area (Å²) < 4.78 is 6.69. The Kier molecular flexibility index (Phi) is 9.14. The van der Waals surface area contributed by atoms with Gasteiger partial charge in [0.05, 0.1) is 30.6 Å². The number of benzene rings is 1. The van der Waals surface area contributed by atoms with Gasteiger partial charge in [-0.2, -0.15) is 0 Å². The zero-order valence-corrected chi connectivity index (χ0v) is 25.3. The van der Waals surface area contributed by atoms with Crippen LogP contribution in [0.4, 0.5) is 0 Å². The van der Waals surface area contributed by atoms with Crippen LogP contribution in [0.1, 0.15) is 59.4 Å². The van der Waals surface area contributed by atoms with Crippen molar-refractivity contribution >= 4 is 17.7 Å². The van der Waals surface area contributed by atoms with E-state index in [2.05, 4.69) is 13.2 Å². The SMILES string of the molecule is C=CCN(Cc1ccccc1)C(=O)[C@@H]1[C@H]2C(=O)N([C@@H](CO)[C@@H](C)CC)C(C(=O)N(CC=C)C(C)(C)C)C23CC[C@H]1O3. The minimum Gasteiger partial charge on any atom is -0.394 e. The molecule has 1 aromatic carbocycles. The van der Waals surface area contributed by atoms with Crippen molar-refractivity contribution in [2.75, 3.05) is 19.7 Å². The number of aliphatic hydroxyl groups is 1. The molecule has 3 aliphatic rings. The molecule has 1 spiro atoms. The van der Waals surface area contributed by atoms with E-state index in [0.717, 1.165) is 12.0 Å². The Balaban J connectivity index is 1.79. The third kappa shape index (κ3) is 5.37. The Morgan fingerprint density at radius 1 is 1.17 bits per heavy atom. The number of likely N-dealkylation sites (tertiary alicyclic amines) is 1. The first-order valence-corrected chi connectivity index (χ1v) is 14.9. The lowest BCUT2D eigenvalue weighted by Crippen LogP contribution is -2.62. The van der Waals surface area contributed by atoms with Crippen molar-refractivity contribution in [1.82, 2.24) is 14.7 Å². The van der Waals surface area contributed by atoms with E-state index in [1.165, 1.54) is 0 Å². The van der Waals surface area contributed by atoms with Crippen molar-refractivity contribution in [1.29, 1.82) is 0 Å². The number of carbonyl (C=O) groups excluding carboxylic acids is 3. The average Bonchev–Trinajstić information content (AvgIpc) is 3.58. The predicted molar refractivity (Wildman–Crippen MR) is 158 cm³/mol. The minimum absolute atomic E-state index is 0.0568. The van der Waals surface area contributed by atoms with E-state index < -0.39 is 41.2 Å². The summed E-state index contributed by atoms with van der Waals surface area (Å²) in [6.45, 7) is 18.3. The van der Waals surface area contributed by atoms with Gasteiger partial charge in [0.2, 0.25) is 17.7 Å². The van der Waals surface area contributed by atoms with Gasteiger partial charge in [-0.25, -0.2) is 0 Å². The summed E-state index contributed by atoms with van der Waals surface area (Å²) in [6, 6.07) is 8.24. The van der Waals surface area contributed by atoms with Crippen LogP contribution in [0.15, 0.2) is 55.6 Å². The normalized spacial score (nSPS) is 28.2. The van der Waals surface area contributed by atoms with Gasteiger partial charge in [-0.15, -0.1) is 13.2 Å². The molecule has 8 nitrogen and oxygen atoms in total. The summed E-state index contributed by atoms with van der Waals surface area (Å²) in [4.78, 5) is 48.5. The van der Waals surface area contributed by atoms with Crippen molar-refractivity contribution in [3.05, 3.63) is 61.2 Å². The Morgan fingerprint density at radius 2 is 1.83 bits per heavy atom. The van der Waals surface area contributed by atoms with Crippen molar-refractivity contribution in [3.63, 3.8) is 0 Å². The lowest BCUT2D eigenvalue weighted by molar-refractivity contribution is -0.156. The predicted octanol–water partition coefficient (Wildman–Crippen LogP) is 3.80. The maximum absolute atomic E-state index is 14.6. The topological polar surface area (TPSA) is 90.4 Å². The number of ether oxygens (including phenoxy) is 1. The molecular formula is C33H47N3O5. The second-order valence-corrected chi connectivity index (χ2v) is 12.8. The number of aliphatic hydroxyl groups excluding tert-OH is 1. The molecule has 7 atom stereocenters. The highest BCUT2D eigenvalue weighted by atomic mass is 16.5. The first kappa shape index (κ1) is 31.0. The van der Waals surface area contributed by atoms with Gasteiger partial charge in [-0.3, -0.25) is 14.4 Å². The molecule has 1 N–H and O–H groups in total. The molecule has 1 aromatic rings. The lowest BCUT2D eigenvalue weighted by atomic mass is 9.70. The van der Waals surface area contributed by atoms with E-state index in [4.69, 9.17) is 4.74 Å². The second-order valence-electron chi connectivity index (χ2n) is 12.8. The fraction of sp³-hybridized carbons (Fsp3) is 0.606. The Morgan fingerprint density at radius 3 is 2.39 bits per heavy atom. The highest BCUT2D eigenvalue weighted by Gasteiger charge is 2.75. The summed E-state index contributed by atoms with van der Waals surface area (Å²) in [5, 5.41) is 10.6. The largest absolute Gasteiger partial charge is 0.394 e. The van der Waals surface area contributed by atoms with Crippen molar-refractivity contribution in [2.45, 2.75) is 89.8 Å². The van der Waals surface area contributed by atoms with Crippen LogP contribution in [-0.4, -0.2) is 86.6 Å². The molecule has 3 amide bonds. The third-order valence-electron chi connectivity index (χ3n) is 9.37. The monoisotopic (exact) mass is 565 g/mol. The van der Waals surface area contributed by atoms with Crippen LogP contribution in [0.5, 0.6) is 0 Å². The van der Waals surface area contributed by atoms with Crippen molar-refractivity contribution < 1.29 is 24.2 Å². The van der Waals surface area contributed by atoms with Gasteiger partial charge in [0.25, 0.3) is 0 Å². The standard InChI is InChI=1S/C33H47N3O5/c1-8-18-34(20-23-14-12-11-13-15-23)29(38)26-25-16-17-33(41-25)27(26)30(39)36(24(21-37)22(4)10-3)28(33)31(40)35(19-9-2)32(5,6)7/h8-9,11-15,22,24-28,37H,1-2,10,16-21H2,3-7H3/t22-,24-,25+,26-,27-,28?,33?/m0/s1. The summed E-state index contributed by atoms with van der Waals surface area (Å²) in [7, 11) is 0. The maximum Gasteiger partial charge on any atom is 0.249 e. The first-order valence-electron chi connectivity index (χ1n) is 14.9. The molecule has 3 saturated heterocycles.